The van der Waals surface area contributed by atoms with Gasteiger partial charge in [-0.2, -0.15) is 0 Å². The number of nitrogens with zero attached hydrogens (tertiary/aromatic N) is 1. The lowest BCUT2D eigenvalue weighted by molar-refractivity contribution is -0.385. The molecule has 0 aromatic heterocycles. The number of ether oxygens (including phenoxy) is 5. The standard InChI is InChI=1S/C17H15NO8/c1-3-23-16-7-11(12(18(20)21)8-14(16)22-2)17(19)26-10-4-5-13-15(6-10)25-9-24-13/h4-8H,3,9H2,1-2H3. The van der Waals surface area contributed by atoms with E-state index in [1.165, 1.54) is 25.3 Å². The predicted octanol–water partition coefficient (Wildman–Crippen LogP) is 2.95. The fraction of sp³-hybridized carbons (Fsp3) is 0.235. The molecule has 0 unspecified atom stereocenters. The Morgan fingerprint density at radius 3 is 2.65 bits per heavy atom. The molecule has 2 aromatic carbocycles. The zero-order valence-electron chi connectivity index (χ0n) is 14.0. The van der Waals surface area contributed by atoms with Gasteiger partial charge in [0.25, 0.3) is 5.69 Å². The molecule has 1 aliphatic heterocycles. The van der Waals surface area contributed by atoms with Crippen molar-refractivity contribution in [1.29, 1.82) is 0 Å². The van der Waals surface area contributed by atoms with Gasteiger partial charge in [0.1, 0.15) is 11.3 Å². The lowest BCUT2D eigenvalue weighted by Crippen LogP contribution is -2.12. The van der Waals surface area contributed by atoms with Gasteiger partial charge in [-0.1, -0.05) is 0 Å². The molecule has 0 amide bonds. The van der Waals surface area contributed by atoms with E-state index in [-0.39, 0.29) is 29.6 Å². The Morgan fingerprint density at radius 2 is 1.96 bits per heavy atom. The number of hydrogen-bond acceptors (Lipinski definition) is 8. The Bertz CT molecular complexity index is 864. The van der Waals surface area contributed by atoms with Crippen molar-refractivity contribution in [1.82, 2.24) is 0 Å². The van der Waals surface area contributed by atoms with Crippen LogP contribution in [0.25, 0.3) is 0 Å². The zero-order chi connectivity index (χ0) is 18.7. The maximum absolute atomic E-state index is 12.5. The first-order chi connectivity index (χ1) is 12.5. The second-order valence-electron chi connectivity index (χ2n) is 5.11. The molecule has 9 nitrogen and oxygen atoms in total. The van der Waals surface area contributed by atoms with Gasteiger partial charge in [0.2, 0.25) is 6.79 Å². The van der Waals surface area contributed by atoms with E-state index in [2.05, 4.69) is 0 Å². The van der Waals surface area contributed by atoms with E-state index in [0.717, 1.165) is 6.07 Å². The van der Waals surface area contributed by atoms with Crippen molar-refractivity contribution < 1.29 is 33.4 Å². The highest BCUT2D eigenvalue weighted by molar-refractivity contribution is 5.96. The van der Waals surface area contributed by atoms with Crippen LogP contribution in [0.5, 0.6) is 28.7 Å². The van der Waals surface area contributed by atoms with Gasteiger partial charge in [-0.15, -0.1) is 0 Å². The van der Waals surface area contributed by atoms with Gasteiger partial charge < -0.3 is 23.7 Å². The Kier molecular flexibility index (Phi) is 4.78. The van der Waals surface area contributed by atoms with E-state index >= 15 is 0 Å². The van der Waals surface area contributed by atoms with E-state index in [9.17, 15) is 14.9 Å². The molecule has 136 valence electrons. The van der Waals surface area contributed by atoms with Gasteiger partial charge in [-0.25, -0.2) is 4.79 Å². The summed E-state index contributed by atoms with van der Waals surface area (Å²) < 4.78 is 26.1. The number of carbonyl (C=O) groups excluding carboxylic acids is 1. The molecule has 0 radical (unpaired) electrons. The van der Waals surface area contributed by atoms with Crippen LogP contribution in [0.4, 0.5) is 5.69 Å². The Hall–Kier alpha value is -3.49. The van der Waals surface area contributed by atoms with Gasteiger partial charge in [-0.05, 0) is 19.1 Å². The lowest BCUT2D eigenvalue weighted by Gasteiger charge is -2.11. The van der Waals surface area contributed by atoms with Gasteiger partial charge in [0, 0.05) is 12.1 Å². The number of rotatable bonds is 6. The third-order valence-electron chi connectivity index (χ3n) is 3.55. The van der Waals surface area contributed by atoms with Gasteiger partial charge in [0.05, 0.1) is 24.7 Å². The van der Waals surface area contributed by atoms with Crippen LogP contribution in [0, 0.1) is 10.1 Å². The highest BCUT2D eigenvalue weighted by atomic mass is 16.7. The number of hydrogen-bond donors (Lipinski definition) is 0. The third kappa shape index (κ3) is 3.32. The average molecular weight is 361 g/mol. The van der Waals surface area contributed by atoms with Crippen LogP contribution in [0.15, 0.2) is 30.3 Å². The number of fused-ring (bicyclic) bond motifs is 1. The van der Waals surface area contributed by atoms with Crippen molar-refractivity contribution in [2.45, 2.75) is 6.92 Å². The van der Waals surface area contributed by atoms with Crippen molar-refractivity contribution in [3.63, 3.8) is 0 Å². The molecule has 0 N–H and O–H groups in total. The quantitative estimate of drug-likeness (QED) is 0.335. The monoisotopic (exact) mass is 361 g/mol. The molecule has 0 bridgehead atoms. The summed E-state index contributed by atoms with van der Waals surface area (Å²) in [5.74, 6) is 0.575. The molecular formula is C17H15NO8. The van der Waals surface area contributed by atoms with E-state index in [1.807, 2.05) is 0 Å². The van der Waals surface area contributed by atoms with Gasteiger partial charge in [0.15, 0.2) is 23.0 Å². The molecule has 0 spiro atoms. The summed E-state index contributed by atoms with van der Waals surface area (Å²) in [6.07, 6.45) is 0. The summed E-state index contributed by atoms with van der Waals surface area (Å²) in [4.78, 5) is 23.1. The summed E-state index contributed by atoms with van der Waals surface area (Å²) in [7, 11) is 1.35. The number of nitro benzene ring substituents is 1. The Morgan fingerprint density at radius 1 is 1.19 bits per heavy atom. The lowest BCUT2D eigenvalue weighted by atomic mass is 10.1. The van der Waals surface area contributed by atoms with E-state index in [0.29, 0.717) is 18.1 Å². The van der Waals surface area contributed by atoms with Crippen molar-refractivity contribution in [3.05, 3.63) is 46.0 Å². The number of benzene rings is 2. The van der Waals surface area contributed by atoms with E-state index < -0.39 is 16.6 Å². The van der Waals surface area contributed by atoms with E-state index in [4.69, 9.17) is 23.7 Å². The van der Waals surface area contributed by atoms with E-state index in [1.54, 1.807) is 13.0 Å². The molecule has 26 heavy (non-hydrogen) atoms. The zero-order valence-corrected chi connectivity index (χ0v) is 14.0. The van der Waals surface area contributed by atoms with Crippen LogP contribution in [-0.2, 0) is 0 Å². The first-order valence-electron chi connectivity index (χ1n) is 7.64. The largest absolute Gasteiger partial charge is 0.493 e. The average Bonchev–Trinajstić information content (AvgIpc) is 3.09. The maximum atomic E-state index is 12.5. The summed E-state index contributed by atoms with van der Waals surface area (Å²) in [6.45, 7) is 2.12. The molecule has 2 aromatic rings. The van der Waals surface area contributed by atoms with Crippen LogP contribution in [0.3, 0.4) is 0 Å². The fourth-order valence-corrected chi connectivity index (χ4v) is 2.39. The number of nitro groups is 1. The summed E-state index contributed by atoms with van der Waals surface area (Å²) >= 11 is 0. The van der Waals surface area contributed by atoms with Gasteiger partial charge >= 0.3 is 5.97 Å². The number of methoxy groups -OCH3 is 1. The molecule has 0 aliphatic carbocycles. The molecule has 3 rings (SSSR count). The van der Waals surface area contributed by atoms with Gasteiger partial charge in [-0.3, -0.25) is 10.1 Å². The molecular weight excluding hydrogens is 346 g/mol. The highest BCUT2D eigenvalue weighted by Crippen LogP contribution is 2.37. The second-order valence-corrected chi connectivity index (χ2v) is 5.11. The fourth-order valence-electron chi connectivity index (χ4n) is 2.39. The summed E-state index contributed by atoms with van der Waals surface area (Å²) in [6, 6.07) is 6.92. The van der Waals surface area contributed by atoms with Crippen LogP contribution < -0.4 is 23.7 Å². The smallest absolute Gasteiger partial charge is 0.350 e. The minimum atomic E-state index is -0.904. The van der Waals surface area contributed by atoms with Crippen molar-refractivity contribution in [2.75, 3.05) is 20.5 Å². The Labute approximate surface area is 148 Å². The minimum Gasteiger partial charge on any atom is -0.493 e. The van der Waals surface area contributed by atoms with Crippen LogP contribution >= 0.6 is 0 Å². The third-order valence-corrected chi connectivity index (χ3v) is 3.55. The molecule has 9 heteroatoms. The number of carbonyl (C=O) groups is 1. The van der Waals surface area contributed by atoms with Crippen LogP contribution in [-0.4, -0.2) is 31.4 Å². The molecule has 0 saturated heterocycles. The topological polar surface area (TPSA) is 106 Å². The van der Waals surface area contributed by atoms with Crippen molar-refractivity contribution >= 4 is 11.7 Å². The molecule has 0 fully saturated rings. The highest BCUT2D eigenvalue weighted by Gasteiger charge is 2.27. The molecule has 0 atom stereocenters. The summed E-state index contributed by atoms with van der Waals surface area (Å²) in [5.41, 5.74) is -0.701. The maximum Gasteiger partial charge on any atom is 0.350 e. The number of esters is 1. The van der Waals surface area contributed by atoms with Crippen LogP contribution in [0.1, 0.15) is 17.3 Å². The SMILES string of the molecule is CCOc1cc(C(=O)Oc2ccc3c(c2)OCO3)c([N+](=O)[O-])cc1OC. The first kappa shape index (κ1) is 17.3. The minimum absolute atomic E-state index is 0.0778. The van der Waals surface area contributed by atoms with Crippen molar-refractivity contribution in [3.8, 4) is 28.7 Å². The normalized spacial score (nSPS) is 11.8. The molecule has 0 saturated carbocycles. The van der Waals surface area contributed by atoms with Crippen LogP contribution in [0.2, 0.25) is 0 Å². The second kappa shape index (κ2) is 7.18. The first-order valence-corrected chi connectivity index (χ1v) is 7.64. The molecule has 1 aliphatic rings. The Balaban J connectivity index is 1.94. The predicted molar refractivity (Wildman–Crippen MR) is 88.3 cm³/mol. The molecule has 1 heterocycles. The van der Waals surface area contributed by atoms with Crippen molar-refractivity contribution in [2.24, 2.45) is 0 Å². The summed E-state index contributed by atoms with van der Waals surface area (Å²) in [5, 5.41) is 11.3.